The number of rotatable bonds is 12. The van der Waals surface area contributed by atoms with Crippen molar-refractivity contribution in [2.24, 2.45) is 11.8 Å². The van der Waals surface area contributed by atoms with E-state index in [1.54, 1.807) is 0 Å². The van der Waals surface area contributed by atoms with Crippen molar-refractivity contribution in [2.45, 2.75) is 97.3 Å². The van der Waals surface area contributed by atoms with Crippen LogP contribution in [0.25, 0.3) is 16.1 Å². The first-order valence-electron chi connectivity index (χ1n) is 13.7. The van der Waals surface area contributed by atoms with Gasteiger partial charge >= 0.3 is 12.9 Å². The molecule has 0 amide bonds. The molecule has 0 spiro atoms. The van der Waals surface area contributed by atoms with Gasteiger partial charge in [-0.3, -0.25) is 0 Å². The maximum Gasteiger partial charge on any atom is 0.673 e. The number of benzene rings is 2. The lowest BCUT2D eigenvalue weighted by Crippen LogP contribution is -2.31. The highest BCUT2D eigenvalue weighted by Crippen LogP contribution is 2.57. The molecule has 0 fully saturated rings. The molecule has 0 N–H and O–H groups in total. The van der Waals surface area contributed by atoms with Gasteiger partial charge in [0.2, 0.25) is 5.39 Å². The third-order valence-corrected chi connectivity index (χ3v) is 8.28. The molecule has 37 heavy (non-hydrogen) atoms. The molecule has 2 aromatic carbocycles. The van der Waals surface area contributed by atoms with Crippen molar-refractivity contribution in [1.29, 1.82) is 5.39 Å². The maximum atomic E-state index is 9.75. The number of fused-ring (bicyclic) bond motifs is 3. The van der Waals surface area contributed by atoms with Crippen molar-refractivity contribution < 1.29 is 17.3 Å². The zero-order valence-electron chi connectivity index (χ0n) is 22.6. The molecule has 0 saturated heterocycles. The lowest BCUT2D eigenvalue weighted by atomic mass is 9.65. The van der Waals surface area contributed by atoms with Gasteiger partial charge in [-0.05, 0) is 65.1 Å². The maximum absolute atomic E-state index is 9.75. The quantitative estimate of drug-likeness (QED) is 0.139. The number of unbranched alkanes of at least 4 members (excludes halogenated alkanes) is 2. The van der Waals surface area contributed by atoms with E-state index in [1.165, 1.54) is 86.5 Å². The summed E-state index contributed by atoms with van der Waals surface area (Å²) >= 11 is 3.78. The normalized spacial score (nSPS) is 17.7. The molecule has 0 bridgehead atoms. The van der Waals surface area contributed by atoms with Crippen molar-refractivity contribution in [3.05, 3.63) is 57.0 Å². The van der Waals surface area contributed by atoms with Gasteiger partial charge < -0.3 is 17.3 Å². The summed E-state index contributed by atoms with van der Waals surface area (Å²) in [5.41, 5.74) is 6.20. The third kappa shape index (κ3) is 8.56. The van der Waals surface area contributed by atoms with Crippen molar-refractivity contribution in [3.63, 3.8) is 0 Å². The van der Waals surface area contributed by atoms with E-state index in [4.69, 9.17) is 0 Å². The zero-order chi connectivity index (χ0) is 27.6. The van der Waals surface area contributed by atoms with E-state index < -0.39 is 7.25 Å². The summed E-state index contributed by atoms with van der Waals surface area (Å²) in [4.78, 5) is 3.58. The summed E-state index contributed by atoms with van der Waals surface area (Å²) in [6.07, 6.45) is 12.5. The van der Waals surface area contributed by atoms with Crippen LogP contribution in [-0.4, -0.2) is 7.25 Å². The Morgan fingerprint density at radius 2 is 1.27 bits per heavy atom. The van der Waals surface area contributed by atoms with Gasteiger partial charge in [-0.1, -0.05) is 101 Å². The minimum absolute atomic E-state index is 0.0159. The molecular weight excluding hydrogens is 543 g/mol. The monoisotopic (exact) mass is 582 g/mol. The molecule has 2 aromatic rings. The van der Waals surface area contributed by atoms with Gasteiger partial charge in [-0.2, -0.15) is 0 Å². The summed E-state index contributed by atoms with van der Waals surface area (Å²) in [7, 11) is -6.00. The molecule has 0 heterocycles. The summed E-state index contributed by atoms with van der Waals surface area (Å²) in [6, 6.07) is 13.1. The fourth-order valence-corrected chi connectivity index (χ4v) is 6.27. The van der Waals surface area contributed by atoms with Gasteiger partial charge in [0.1, 0.15) is 0 Å². The average molecular weight is 583 g/mol. The minimum Gasteiger partial charge on any atom is -0.418 e. The summed E-state index contributed by atoms with van der Waals surface area (Å²) in [5.74, 6) is 1.40. The van der Waals surface area contributed by atoms with E-state index in [2.05, 4.69) is 78.9 Å². The first-order chi connectivity index (χ1) is 17.5. The molecule has 0 radical (unpaired) electrons. The van der Waals surface area contributed by atoms with E-state index in [9.17, 15) is 22.7 Å². The Morgan fingerprint density at radius 3 is 1.70 bits per heavy atom. The van der Waals surface area contributed by atoms with Crippen LogP contribution in [0.3, 0.4) is 0 Å². The number of nitrogens with zero attached hydrogens (tertiary/aromatic N) is 2. The molecular formula is C29H40BBrF4N2. The van der Waals surface area contributed by atoms with Crippen LogP contribution in [0.4, 0.5) is 23.0 Å². The van der Waals surface area contributed by atoms with Gasteiger partial charge in [-0.15, -0.1) is 0 Å². The van der Waals surface area contributed by atoms with Gasteiger partial charge in [0.15, 0.2) is 4.98 Å². The smallest absolute Gasteiger partial charge is 0.418 e. The predicted molar refractivity (Wildman–Crippen MR) is 151 cm³/mol. The van der Waals surface area contributed by atoms with Gasteiger partial charge in [0.25, 0.3) is 0 Å². The third-order valence-electron chi connectivity index (χ3n) is 7.78. The van der Waals surface area contributed by atoms with E-state index in [-0.39, 0.29) is 5.41 Å². The molecule has 0 saturated carbocycles. The number of hydrogen-bond acceptors (Lipinski definition) is 1. The predicted octanol–water partition coefficient (Wildman–Crippen LogP) is 11.7. The van der Waals surface area contributed by atoms with Crippen LogP contribution in [0.1, 0.15) is 103 Å². The lowest BCUT2D eigenvalue weighted by molar-refractivity contribution is 0.266. The van der Waals surface area contributed by atoms with Crippen molar-refractivity contribution in [1.82, 2.24) is 0 Å². The highest BCUT2D eigenvalue weighted by molar-refractivity contribution is 9.10. The Hall–Kier alpha value is -1.88. The summed E-state index contributed by atoms with van der Waals surface area (Å²) in [6.45, 7) is 9.32. The van der Waals surface area contributed by atoms with Crippen molar-refractivity contribution in [3.8, 4) is 11.1 Å². The van der Waals surface area contributed by atoms with Crippen molar-refractivity contribution in [2.75, 3.05) is 0 Å². The second-order valence-corrected chi connectivity index (χ2v) is 11.3. The Labute approximate surface area is 228 Å². The molecule has 1 aliphatic rings. The lowest BCUT2D eigenvalue weighted by Gasteiger charge is -2.38. The Bertz CT molecular complexity index is 1030. The summed E-state index contributed by atoms with van der Waals surface area (Å²) in [5, 5.41) is 9.61. The molecule has 8 heteroatoms. The SMILES string of the molecule is CCCCC(CC)CC1(CC(CC)CCCC)c2cc(Br)ccc2-c2ccc([N+]#N)cc21.F[B-](F)(F)F. The standard InChI is InChI=1S/C29H40BrN2.BF4/c1-5-9-11-21(7-3)19-29(20-22(8-4)12-10-6-2)27-17-23(30)13-15-25(27)26-16-14-24(32-31)18-28(26)29;2-1(3,4)5/h13-18,21-22H,5-12,19-20H2,1-4H3;/q+1;-1. The first-order valence-corrected chi connectivity index (χ1v) is 14.5. The van der Waals surface area contributed by atoms with E-state index in [1.807, 2.05) is 6.07 Å². The zero-order valence-corrected chi connectivity index (χ0v) is 24.1. The number of halogens is 5. The van der Waals surface area contributed by atoms with Gasteiger partial charge in [0, 0.05) is 22.0 Å². The first kappa shape index (κ1) is 31.3. The molecule has 3 rings (SSSR count). The largest absolute Gasteiger partial charge is 0.673 e. The number of hydrogen-bond donors (Lipinski definition) is 0. The molecule has 2 unspecified atom stereocenters. The van der Waals surface area contributed by atoms with E-state index in [0.717, 1.165) is 4.47 Å². The van der Waals surface area contributed by atoms with Crippen LogP contribution >= 0.6 is 15.9 Å². The van der Waals surface area contributed by atoms with Crippen LogP contribution in [0.15, 0.2) is 40.9 Å². The molecule has 0 aromatic heterocycles. The molecule has 204 valence electrons. The molecule has 2 nitrogen and oxygen atoms in total. The summed E-state index contributed by atoms with van der Waals surface area (Å²) < 4.78 is 40.2. The van der Waals surface area contributed by atoms with Crippen LogP contribution in [-0.2, 0) is 5.41 Å². The Kier molecular flexibility index (Phi) is 12.1. The van der Waals surface area contributed by atoms with Gasteiger partial charge in [0.05, 0.1) is 0 Å². The molecule has 1 aliphatic carbocycles. The molecule has 2 atom stereocenters. The van der Waals surface area contributed by atoms with Gasteiger partial charge in [-0.25, -0.2) is 0 Å². The number of diazo groups is 1. The second-order valence-electron chi connectivity index (χ2n) is 10.3. The minimum atomic E-state index is -6.00. The Morgan fingerprint density at radius 1 is 0.811 bits per heavy atom. The Balaban J connectivity index is 0.000000877. The van der Waals surface area contributed by atoms with Crippen LogP contribution in [0, 0.1) is 17.2 Å². The van der Waals surface area contributed by atoms with E-state index in [0.29, 0.717) is 17.5 Å². The van der Waals surface area contributed by atoms with Crippen LogP contribution < -0.4 is 0 Å². The van der Waals surface area contributed by atoms with Crippen LogP contribution in [0.5, 0.6) is 0 Å². The average Bonchev–Trinajstić information content (AvgIpc) is 3.11. The van der Waals surface area contributed by atoms with Crippen molar-refractivity contribution >= 4 is 28.9 Å². The van der Waals surface area contributed by atoms with E-state index >= 15 is 0 Å². The molecule has 0 aliphatic heterocycles. The fraction of sp³-hybridized carbons (Fsp3) is 0.586. The fourth-order valence-electron chi connectivity index (χ4n) is 5.91. The highest BCUT2D eigenvalue weighted by Gasteiger charge is 2.46. The highest BCUT2D eigenvalue weighted by atomic mass is 79.9. The topological polar surface area (TPSA) is 28.1 Å². The second kappa shape index (κ2) is 14.3. The van der Waals surface area contributed by atoms with Crippen LogP contribution in [0.2, 0.25) is 0 Å².